The van der Waals surface area contributed by atoms with Gasteiger partial charge >= 0.3 is 0 Å². The highest BCUT2D eigenvalue weighted by atomic mass is 35.5. The van der Waals surface area contributed by atoms with E-state index >= 15 is 0 Å². The first-order chi connectivity index (χ1) is 10.6. The van der Waals surface area contributed by atoms with Crippen molar-refractivity contribution in [3.8, 4) is 0 Å². The molecule has 7 heteroatoms. The molecule has 1 aromatic carbocycles. The Bertz CT molecular complexity index is 799. The molecule has 1 N–H and O–H groups in total. The maximum atomic E-state index is 11.8. The maximum Gasteiger partial charge on any atom is 0.246 e. The number of benzene rings is 1. The van der Waals surface area contributed by atoms with E-state index in [2.05, 4.69) is 20.1 Å². The van der Waals surface area contributed by atoms with Crippen LogP contribution in [0.2, 0.25) is 5.28 Å². The number of rotatable bonds is 2. The van der Waals surface area contributed by atoms with Crippen LogP contribution in [0.4, 0.5) is 22.9 Å². The van der Waals surface area contributed by atoms with Crippen LogP contribution in [0.5, 0.6) is 0 Å². The molecular weight excluding hydrogens is 302 g/mol. The highest BCUT2D eigenvalue weighted by Gasteiger charge is 2.25. The third kappa shape index (κ3) is 2.47. The number of nitrogens with one attached hydrogen (secondary N) is 1. The lowest BCUT2D eigenvalue weighted by atomic mass is 10.1. The van der Waals surface area contributed by atoms with Crippen molar-refractivity contribution in [2.45, 2.75) is 13.3 Å². The Labute approximate surface area is 132 Å². The van der Waals surface area contributed by atoms with Gasteiger partial charge in [-0.15, -0.1) is 0 Å². The molecule has 0 spiro atoms. The molecule has 3 rings (SSSR count). The van der Waals surface area contributed by atoms with E-state index in [9.17, 15) is 4.79 Å². The Morgan fingerprint density at radius 2 is 2.32 bits per heavy atom. The van der Waals surface area contributed by atoms with Crippen molar-refractivity contribution in [2.24, 2.45) is 0 Å². The molecule has 0 aliphatic carbocycles. The van der Waals surface area contributed by atoms with Crippen LogP contribution in [0.3, 0.4) is 0 Å². The zero-order chi connectivity index (χ0) is 15.7. The summed E-state index contributed by atoms with van der Waals surface area (Å²) in [5, 5.41) is 3.17. The summed E-state index contributed by atoms with van der Waals surface area (Å²) in [6.07, 6.45) is 2.18. The van der Waals surface area contributed by atoms with Crippen LogP contribution in [-0.4, -0.2) is 22.4 Å². The summed E-state index contributed by atoms with van der Waals surface area (Å²) in [5.74, 6) is 0.318. The van der Waals surface area contributed by atoms with Gasteiger partial charge in [0.2, 0.25) is 16.9 Å². The number of aromatic nitrogens is 2. The lowest BCUT2D eigenvalue weighted by Crippen LogP contribution is -2.26. The van der Waals surface area contributed by atoms with Crippen LogP contribution in [0.1, 0.15) is 12.5 Å². The third-order valence-corrected chi connectivity index (χ3v) is 3.67. The van der Waals surface area contributed by atoms with Crippen molar-refractivity contribution < 1.29 is 4.79 Å². The van der Waals surface area contributed by atoms with Crippen molar-refractivity contribution in [3.05, 3.63) is 46.7 Å². The zero-order valence-corrected chi connectivity index (χ0v) is 12.6. The Morgan fingerprint density at radius 3 is 3.05 bits per heavy atom. The molecule has 6 nitrogen and oxygen atoms in total. The fourth-order valence-corrected chi connectivity index (χ4v) is 2.66. The van der Waals surface area contributed by atoms with Gasteiger partial charge in [0.1, 0.15) is 5.82 Å². The predicted octanol–water partition coefficient (Wildman–Crippen LogP) is 3.33. The van der Waals surface area contributed by atoms with Gasteiger partial charge in [0.05, 0.1) is 17.9 Å². The second-order valence-electron chi connectivity index (χ2n) is 4.84. The molecule has 0 bridgehead atoms. The van der Waals surface area contributed by atoms with Gasteiger partial charge in [-0.25, -0.2) is 14.8 Å². The number of anilines is 3. The average molecular weight is 314 g/mol. The highest BCUT2D eigenvalue weighted by molar-refractivity contribution is 6.28. The van der Waals surface area contributed by atoms with Crippen LogP contribution in [0.15, 0.2) is 24.4 Å². The summed E-state index contributed by atoms with van der Waals surface area (Å²) < 4.78 is 0. The Hall–Kier alpha value is -2.65. The number of hydrogen-bond acceptors (Lipinski definition) is 4. The first kappa shape index (κ1) is 14.3. The van der Waals surface area contributed by atoms with E-state index in [0.717, 1.165) is 23.4 Å². The number of hydrogen-bond donors (Lipinski definition) is 1. The van der Waals surface area contributed by atoms with E-state index < -0.39 is 0 Å². The lowest BCUT2D eigenvalue weighted by molar-refractivity contribution is -0.116. The normalized spacial score (nSPS) is 12.7. The molecular formula is C15H12ClN5O. The van der Waals surface area contributed by atoms with Gasteiger partial charge in [-0.2, -0.15) is 0 Å². The molecule has 1 amide bonds. The van der Waals surface area contributed by atoms with Crippen LogP contribution < -0.4 is 10.2 Å². The van der Waals surface area contributed by atoms with Crippen LogP contribution in [0.25, 0.3) is 4.85 Å². The number of carbonyl (C=O) groups excluding carboxylic acids is 1. The SMILES string of the molecule is [C-]#[N+]c1cnc(Cl)nc1Nc1cccc2c1N(C(C)=O)CC2. The smallest absolute Gasteiger partial charge is 0.246 e. The predicted molar refractivity (Wildman–Crippen MR) is 84.8 cm³/mol. The van der Waals surface area contributed by atoms with Crippen molar-refractivity contribution in [1.29, 1.82) is 0 Å². The molecule has 2 heterocycles. The van der Waals surface area contributed by atoms with E-state index in [1.165, 1.54) is 13.1 Å². The van der Waals surface area contributed by atoms with Gasteiger partial charge < -0.3 is 10.2 Å². The summed E-state index contributed by atoms with van der Waals surface area (Å²) in [6.45, 7) is 9.38. The monoisotopic (exact) mass is 313 g/mol. The van der Waals surface area contributed by atoms with E-state index in [1.807, 2.05) is 18.2 Å². The number of amides is 1. The second-order valence-corrected chi connectivity index (χ2v) is 5.18. The number of para-hydroxylation sites is 1. The van der Waals surface area contributed by atoms with Crippen LogP contribution in [-0.2, 0) is 11.2 Å². The Morgan fingerprint density at radius 1 is 1.50 bits per heavy atom. The molecule has 0 unspecified atom stereocenters. The van der Waals surface area contributed by atoms with Gasteiger partial charge in [-0.1, -0.05) is 12.1 Å². The quantitative estimate of drug-likeness (QED) is 0.682. The molecule has 1 aromatic heterocycles. The number of fused-ring (bicyclic) bond motifs is 1. The minimum Gasteiger partial charge on any atom is -0.347 e. The fourth-order valence-electron chi connectivity index (χ4n) is 2.53. The van der Waals surface area contributed by atoms with Gasteiger partial charge in [-0.05, 0) is 29.7 Å². The first-order valence-corrected chi connectivity index (χ1v) is 7.05. The summed E-state index contributed by atoms with van der Waals surface area (Å²) in [6, 6.07) is 5.75. The van der Waals surface area contributed by atoms with E-state index in [-0.39, 0.29) is 16.9 Å². The minimum absolute atomic E-state index is 0.0147. The first-order valence-electron chi connectivity index (χ1n) is 6.67. The van der Waals surface area contributed by atoms with Crippen molar-refractivity contribution in [3.63, 3.8) is 0 Å². The molecule has 22 heavy (non-hydrogen) atoms. The molecule has 110 valence electrons. The molecule has 0 fully saturated rings. The van der Waals surface area contributed by atoms with Crippen LogP contribution in [0, 0.1) is 6.57 Å². The van der Waals surface area contributed by atoms with Gasteiger partial charge in [-0.3, -0.25) is 4.79 Å². The molecule has 1 aliphatic rings. The third-order valence-electron chi connectivity index (χ3n) is 3.49. The largest absolute Gasteiger partial charge is 0.347 e. The Balaban J connectivity index is 2.05. The van der Waals surface area contributed by atoms with Gasteiger partial charge in [0, 0.05) is 19.7 Å². The molecule has 0 atom stereocenters. The Kier molecular flexibility index (Phi) is 3.65. The highest BCUT2D eigenvalue weighted by Crippen LogP contribution is 2.38. The topological polar surface area (TPSA) is 62.5 Å². The lowest BCUT2D eigenvalue weighted by Gasteiger charge is -2.19. The molecule has 0 saturated heterocycles. The molecule has 0 saturated carbocycles. The number of nitrogens with zero attached hydrogens (tertiary/aromatic N) is 4. The maximum absolute atomic E-state index is 11.8. The van der Waals surface area contributed by atoms with Crippen molar-refractivity contribution >= 4 is 40.4 Å². The average Bonchev–Trinajstić information content (AvgIpc) is 2.93. The van der Waals surface area contributed by atoms with Gasteiger partial charge in [0.15, 0.2) is 0 Å². The summed E-state index contributed by atoms with van der Waals surface area (Å²) in [7, 11) is 0. The standard InChI is InChI=1S/C15H12ClN5O/c1-9(22)21-7-6-10-4-3-5-11(13(10)21)19-14-12(17-2)8-18-15(16)20-14/h3-5,8H,6-7H2,1H3,(H,18,19,20). The summed E-state index contributed by atoms with van der Waals surface area (Å²) in [5.41, 5.74) is 2.92. The molecule has 2 aromatic rings. The minimum atomic E-state index is -0.0147. The zero-order valence-electron chi connectivity index (χ0n) is 11.8. The molecule has 0 radical (unpaired) electrons. The van der Waals surface area contributed by atoms with Crippen molar-refractivity contribution in [1.82, 2.24) is 9.97 Å². The number of halogens is 1. The van der Waals surface area contributed by atoms with Gasteiger partial charge in [0.25, 0.3) is 0 Å². The number of carbonyl (C=O) groups is 1. The van der Waals surface area contributed by atoms with E-state index in [1.54, 1.807) is 4.90 Å². The summed E-state index contributed by atoms with van der Waals surface area (Å²) >= 11 is 5.81. The summed E-state index contributed by atoms with van der Waals surface area (Å²) in [4.78, 5) is 24.8. The van der Waals surface area contributed by atoms with E-state index in [4.69, 9.17) is 18.2 Å². The van der Waals surface area contributed by atoms with Crippen molar-refractivity contribution in [2.75, 3.05) is 16.8 Å². The molecule has 1 aliphatic heterocycles. The van der Waals surface area contributed by atoms with E-state index in [0.29, 0.717) is 12.4 Å². The second kappa shape index (κ2) is 5.62. The fraction of sp³-hybridized carbons (Fsp3) is 0.200. The van der Waals surface area contributed by atoms with Crippen LogP contribution >= 0.6 is 11.6 Å².